The lowest BCUT2D eigenvalue weighted by atomic mass is 10.0. The highest BCUT2D eigenvalue weighted by Gasteiger charge is 2.29. The fourth-order valence-corrected chi connectivity index (χ4v) is 2.23. The first kappa shape index (κ1) is 12.5. The van der Waals surface area contributed by atoms with E-state index in [-0.39, 0.29) is 5.91 Å². The molecule has 0 radical (unpaired) electrons. The van der Waals surface area contributed by atoms with Crippen LogP contribution in [0.1, 0.15) is 26.2 Å². The van der Waals surface area contributed by atoms with Crippen molar-refractivity contribution >= 4 is 27.5 Å². The minimum absolute atomic E-state index is 0.0430. The lowest BCUT2D eigenvalue weighted by Crippen LogP contribution is -2.16. The van der Waals surface area contributed by atoms with Gasteiger partial charge in [0.05, 0.1) is 5.69 Å². The number of hydrogen-bond acceptors (Lipinski definition) is 2. The van der Waals surface area contributed by atoms with Gasteiger partial charge < -0.3 is 5.32 Å². The molecule has 1 amide bonds. The standard InChI is InChI=1S/C12H14BrFN2O/c1-7(8-2-3-8)6-11(17)15-9-4-5-10(14)16-12(9)13/h4-5,7-8H,2-3,6H2,1H3,(H,15,17). The molecule has 1 fully saturated rings. The third-order valence-electron chi connectivity index (χ3n) is 3.02. The average molecular weight is 301 g/mol. The number of hydrogen-bond donors (Lipinski definition) is 1. The van der Waals surface area contributed by atoms with E-state index in [4.69, 9.17) is 0 Å². The average Bonchev–Trinajstić information content (AvgIpc) is 3.05. The van der Waals surface area contributed by atoms with Crippen LogP contribution in [0, 0.1) is 17.8 Å². The molecule has 1 aliphatic carbocycles. The molecule has 0 bridgehead atoms. The van der Waals surface area contributed by atoms with Crippen LogP contribution in [0.3, 0.4) is 0 Å². The van der Waals surface area contributed by atoms with Gasteiger partial charge in [-0.05, 0) is 52.7 Å². The summed E-state index contributed by atoms with van der Waals surface area (Å²) >= 11 is 3.12. The van der Waals surface area contributed by atoms with Crippen LogP contribution >= 0.6 is 15.9 Å². The SMILES string of the molecule is CC(CC(=O)Nc1ccc(F)nc1Br)C1CC1. The van der Waals surface area contributed by atoms with Crippen molar-refractivity contribution in [2.24, 2.45) is 11.8 Å². The highest BCUT2D eigenvalue weighted by molar-refractivity contribution is 9.10. The zero-order valence-electron chi connectivity index (χ0n) is 9.54. The molecule has 92 valence electrons. The number of aromatic nitrogens is 1. The maximum absolute atomic E-state index is 12.8. The van der Waals surface area contributed by atoms with Gasteiger partial charge in [0, 0.05) is 6.42 Å². The number of nitrogens with zero attached hydrogens (tertiary/aromatic N) is 1. The van der Waals surface area contributed by atoms with E-state index in [1.165, 1.54) is 25.0 Å². The Balaban J connectivity index is 1.92. The van der Waals surface area contributed by atoms with Crippen LogP contribution in [-0.4, -0.2) is 10.9 Å². The van der Waals surface area contributed by atoms with Gasteiger partial charge in [0.25, 0.3) is 0 Å². The number of halogens is 2. The molecule has 1 aromatic rings. The largest absolute Gasteiger partial charge is 0.324 e. The topological polar surface area (TPSA) is 42.0 Å². The van der Waals surface area contributed by atoms with Crippen LogP contribution < -0.4 is 5.32 Å². The molecule has 2 rings (SSSR count). The molecule has 17 heavy (non-hydrogen) atoms. The highest BCUT2D eigenvalue weighted by atomic mass is 79.9. The van der Waals surface area contributed by atoms with Crippen molar-refractivity contribution in [3.8, 4) is 0 Å². The summed E-state index contributed by atoms with van der Waals surface area (Å²) < 4.78 is 13.1. The molecule has 1 atom stereocenters. The van der Waals surface area contributed by atoms with Crippen LogP contribution in [0.2, 0.25) is 0 Å². The third-order valence-corrected chi connectivity index (χ3v) is 3.63. The molecular weight excluding hydrogens is 287 g/mol. The van der Waals surface area contributed by atoms with Gasteiger partial charge in [0.1, 0.15) is 4.60 Å². The number of carbonyl (C=O) groups excluding carboxylic acids is 1. The molecule has 0 spiro atoms. The van der Waals surface area contributed by atoms with Gasteiger partial charge in [-0.1, -0.05) is 6.92 Å². The number of pyridine rings is 1. The van der Waals surface area contributed by atoms with E-state index < -0.39 is 5.95 Å². The van der Waals surface area contributed by atoms with E-state index in [2.05, 4.69) is 33.2 Å². The van der Waals surface area contributed by atoms with Crippen LogP contribution in [-0.2, 0) is 4.79 Å². The monoisotopic (exact) mass is 300 g/mol. The molecule has 1 heterocycles. The van der Waals surface area contributed by atoms with Crippen LogP contribution in [0.25, 0.3) is 0 Å². The Morgan fingerprint density at radius 3 is 2.94 bits per heavy atom. The van der Waals surface area contributed by atoms with E-state index in [1.54, 1.807) is 0 Å². The molecule has 1 aliphatic rings. The summed E-state index contributed by atoms with van der Waals surface area (Å²) in [7, 11) is 0. The number of anilines is 1. The first-order valence-corrected chi connectivity index (χ1v) is 6.47. The fraction of sp³-hybridized carbons (Fsp3) is 0.500. The molecule has 1 aromatic heterocycles. The molecule has 0 saturated heterocycles. The molecule has 5 heteroatoms. The second-order valence-corrected chi connectivity index (χ2v) is 5.29. The van der Waals surface area contributed by atoms with Gasteiger partial charge in [-0.3, -0.25) is 4.79 Å². The molecule has 0 aliphatic heterocycles. The first-order valence-electron chi connectivity index (χ1n) is 5.68. The van der Waals surface area contributed by atoms with E-state index in [1.807, 2.05) is 0 Å². The van der Waals surface area contributed by atoms with Crippen molar-refractivity contribution in [3.05, 3.63) is 22.7 Å². The number of rotatable bonds is 4. The van der Waals surface area contributed by atoms with Gasteiger partial charge in [0.2, 0.25) is 11.9 Å². The van der Waals surface area contributed by atoms with Crippen LogP contribution in [0.15, 0.2) is 16.7 Å². The molecule has 0 aromatic carbocycles. The van der Waals surface area contributed by atoms with Gasteiger partial charge >= 0.3 is 0 Å². The van der Waals surface area contributed by atoms with Crippen molar-refractivity contribution in [2.45, 2.75) is 26.2 Å². The zero-order chi connectivity index (χ0) is 12.4. The van der Waals surface area contributed by atoms with Gasteiger partial charge in [0.15, 0.2) is 0 Å². The third kappa shape index (κ3) is 3.49. The van der Waals surface area contributed by atoms with Gasteiger partial charge in [-0.25, -0.2) is 4.98 Å². The van der Waals surface area contributed by atoms with E-state index in [0.29, 0.717) is 28.5 Å². The Kier molecular flexibility index (Phi) is 3.76. The maximum atomic E-state index is 12.8. The second kappa shape index (κ2) is 5.12. The van der Waals surface area contributed by atoms with Gasteiger partial charge in [-0.15, -0.1) is 0 Å². The molecular formula is C12H14BrFN2O. The van der Waals surface area contributed by atoms with Crippen molar-refractivity contribution in [1.29, 1.82) is 0 Å². The maximum Gasteiger partial charge on any atom is 0.224 e. The summed E-state index contributed by atoms with van der Waals surface area (Å²) in [6.45, 7) is 2.09. The smallest absolute Gasteiger partial charge is 0.224 e. The molecule has 1 N–H and O–H groups in total. The Labute approximate surface area is 108 Å². The molecule has 3 nitrogen and oxygen atoms in total. The van der Waals surface area contributed by atoms with Gasteiger partial charge in [-0.2, -0.15) is 4.39 Å². The van der Waals surface area contributed by atoms with Crippen molar-refractivity contribution in [3.63, 3.8) is 0 Å². The second-order valence-electron chi connectivity index (χ2n) is 4.54. The van der Waals surface area contributed by atoms with E-state index in [9.17, 15) is 9.18 Å². The summed E-state index contributed by atoms with van der Waals surface area (Å²) in [6, 6.07) is 2.73. The summed E-state index contributed by atoms with van der Waals surface area (Å²) in [4.78, 5) is 15.3. The summed E-state index contributed by atoms with van der Waals surface area (Å²) in [6.07, 6.45) is 2.97. The Morgan fingerprint density at radius 1 is 1.65 bits per heavy atom. The normalized spacial score (nSPS) is 16.6. The van der Waals surface area contributed by atoms with Crippen LogP contribution in [0.4, 0.5) is 10.1 Å². The van der Waals surface area contributed by atoms with Crippen molar-refractivity contribution in [1.82, 2.24) is 4.98 Å². The first-order chi connectivity index (χ1) is 8.06. The quantitative estimate of drug-likeness (QED) is 0.866. The van der Waals surface area contributed by atoms with E-state index >= 15 is 0 Å². The molecule has 1 unspecified atom stereocenters. The Hall–Kier alpha value is -0.970. The predicted molar refractivity (Wildman–Crippen MR) is 67.0 cm³/mol. The Bertz CT molecular complexity index is 435. The Morgan fingerprint density at radius 2 is 2.35 bits per heavy atom. The number of carbonyl (C=O) groups is 1. The number of amides is 1. The minimum Gasteiger partial charge on any atom is -0.324 e. The zero-order valence-corrected chi connectivity index (χ0v) is 11.1. The molecule has 1 saturated carbocycles. The van der Waals surface area contributed by atoms with E-state index in [0.717, 1.165) is 0 Å². The summed E-state index contributed by atoms with van der Waals surface area (Å²) in [5.41, 5.74) is 0.513. The number of nitrogens with one attached hydrogen (secondary N) is 1. The van der Waals surface area contributed by atoms with Crippen LogP contribution in [0.5, 0.6) is 0 Å². The highest BCUT2D eigenvalue weighted by Crippen LogP contribution is 2.38. The predicted octanol–water partition coefficient (Wildman–Crippen LogP) is 3.36. The lowest BCUT2D eigenvalue weighted by molar-refractivity contribution is -0.117. The summed E-state index contributed by atoms with van der Waals surface area (Å²) in [5.74, 6) is 0.512. The van der Waals surface area contributed by atoms with Crippen molar-refractivity contribution in [2.75, 3.05) is 5.32 Å². The minimum atomic E-state index is -0.568. The van der Waals surface area contributed by atoms with Crippen molar-refractivity contribution < 1.29 is 9.18 Å². The fourth-order valence-electron chi connectivity index (χ4n) is 1.83. The lowest BCUT2D eigenvalue weighted by Gasteiger charge is -2.10. The summed E-state index contributed by atoms with van der Waals surface area (Å²) in [5, 5.41) is 2.74.